The van der Waals surface area contributed by atoms with E-state index in [9.17, 15) is 13.6 Å². The Balaban J connectivity index is 1.43. The molecule has 0 bridgehead atoms. The Morgan fingerprint density at radius 3 is 2.50 bits per heavy atom. The largest absolute Gasteiger partial charge is 0.438 e. The van der Waals surface area contributed by atoms with Crippen molar-refractivity contribution in [3.8, 4) is 11.1 Å². The minimum Gasteiger partial charge on any atom is -0.438 e. The van der Waals surface area contributed by atoms with Crippen molar-refractivity contribution in [3.63, 3.8) is 0 Å². The van der Waals surface area contributed by atoms with Gasteiger partial charge in [-0.3, -0.25) is 4.79 Å². The van der Waals surface area contributed by atoms with E-state index < -0.39 is 11.6 Å². The molecule has 0 radical (unpaired) electrons. The summed E-state index contributed by atoms with van der Waals surface area (Å²) in [7, 11) is 0. The van der Waals surface area contributed by atoms with E-state index in [4.69, 9.17) is 4.42 Å². The number of fused-ring (bicyclic) bond motifs is 1. The first-order valence-electron chi connectivity index (χ1n) is 11.5. The number of amides is 1. The second-order valence-corrected chi connectivity index (χ2v) is 9.84. The number of hydrogen-bond acceptors (Lipinski definition) is 3. The average molecular weight is 461 g/mol. The van der Waals surface area contributed by atoms with Crippen LogP contribution in [0.4, 0.5) is 8.78 Å². The summed E-state index contributed by atoms with van der Waals surface area (Å²) in [6, 6.07) is 16.2. The Bertz CT molecular complexity index is 1370. The van der Waals surface area contributed by atoms with Crippen LogP contribution in [0.5, 0.6) is 0 Å². The standard InChI is InChI=1S/C28H26F2N2O2/c1-28(2,3)19-9-6-17(7-10-19)27(33)32-14-4-5-24(32)26-31-23-15-18(8-13-25(23)34-26)21-12-11-20(29)16-22(21)30/h6-13,15-16,24H,4-5,14H2,1-3H3. The lowest BCUT2D eigenvalue weighted by Gasteiger charge is -2.23. The van der Waals surface area contributed by atoms with Crippen molar-refractivity contribution >= 4 is 17.0 Å². The van der Waals surface area contributed by atoms with Gasteiger partial charge in [0, 0.05) is 23.7 Å². The SMILES string of the molecule is CC(C)(C)c1ccc(C(=O)N2CCCC2c2nc3cc(-c4ccc(F)cc4F)ccc3o2)cc1. The molecule has 4 aromatic rings. The van der Waals surface area contributed by atoms with Crippen molar-refractivity contribution in [2.24, 2.45) is 0 Å². The van der Waals surface area contributed by atoms with Crippen molar-refractivity contribution in [3.05, 3.63) is 89.3 Å². The predicted molar refractivity (Wildman–Crippen MR) is 128 cm³/mol. The third kappa shape index (κ3) is 4.09. The van der Waals surface area contributed by atoms with E-state index in [0.29, 0.717) is 40.2 Å². The normalized spacial score (nSPS) is 16.4. The maximum Gasteiger partial charge on any atom is 0.254 e. The van der Waals surface area contributed by atoms with Gasteiger partial charge < -0.3 is 9.32 Å². The van der Waals surface area contributed by atoms with Crippen LogP contribution in [0.1, 0.15) is 61.5 Å². The molecule has 1 fully saturated rings. The lowest BCUT2D eigenvalue weighted by atomic mass is 9.86. The molecule has 6 heteroatoms. The summed E-state index contributed by atoms with van der Waals surface area (Å²) in [5.41, 5.74) is 3.86. The quantitative estimate of drug-likeness (QED) is 0.329. The fourth-order valence-electron chi connectivity index (χ4n) is 4.52. The van der Waals surface area contributed by atoms with E-state index in [0.717, 1.165) is 18.9 Å². The molecule has 0 N–H and O–H groups in total. The van der Waals surface area contributed by atoms with Crippen molar-refractivity contribution in [2.75, 3.05) is 6.54 Å². The summed E-state index contributed by atoms with van der Waals surface area (Å²) < 4.78 is 33.6. The van der Waals surface area contributed by atoms with Crippen LogP contribution in [0.2, 0.25) is 0 Å². The van der Waals surface area contributed by atoms with Crippen LogP contribution >= 0.6 is 0 Å². The molecule has 4 nitrogen and oxygen atoms in total. The molecule has 174 valence electrons. The number of nitrogens with zero attached hydrogens (tertiary/aromatic N) is 2. The average Bonchev–Trinajstić information content (AvgIpc) is 3.44. The van der Waals surface area contributed by atoms with Gasteiger partial charge in [-0.1, -0.05) is 39.0 Å². The summed E-state index contributed by atoms with van der Waals surface area (Å²) in [6.07, 6.45) is 1.62. The van der Waals surface area contributed by atoms with E-state index in [1.807, 2.05) is 29.2 Å². The highest BCUT2D eigenvalue weighted by molar-refractivity contribution is 5.94. The summed E-state index contributed by atoms with van der Waals surface area (Å²) >= 11 is 0. The number of oxazole rings is 1. The molecule has 3 aromatic carbocycles. The van der Waals surface area contributed by atoms with Gasteiger partial charge in [-0.2, -0.15) is 0 Å². The number of rotatable bonds is 3. The summed E-state index contributed by atoms with van der Waals surface area (Å²) in [4.78, 5) is 19.8. The molecule has 0 aliphatic carbocycles. The number of hydrogen-bond donors (Lipinski definition) is 0. The number of carbonyl (C=O) groups is 1. The lowest BCUT2D eigenvalue weighted by Crippen LogP contribution is -2.30. The van der Waals surface area contributed by atoms with Crippen LogP contribution < -0.4 is 0 Å². The van der Waals surface area contributed by atoms with Gasteiger partial charge in [0.15, 0.2) is 5.58 Å². The minimum atomic E-state index is -0.631. The van der Waals surface area contributed by atoms with Crippen molar-refractivity contribution in [1.29, 1.82) is 0 Å². The predicted octanol–water partition coefficient (Wildman–Crippen LogP) is 7.05. The fourth-order valence-corrected chi connectivity index (χ4v) is 4.52. The Kier molecular flexibility index (Phi) is 5.47. The Morgan fingerprint density at radius 1 is 1.03 bits per heavy atom. The second kappa shape index (κ2) is 8.35. The summed E-state index contributed by atoms with van der Waals surface area (Å²) in [6.45, 7) is 7.06. The molecule has 1 aliphatic rings. The van der Waals surface area contributed by atoms with Crippen molar-refractivity contribution in [1.82, 2.24) is 9.88 Å². The maximum absolute atomic E-state index is 14.3. The lowest BCUT2D eigenvalue weighted by molar-refractivity contribution is 0.0717. The van der Waals surface area contributed by atoms with E-state index >= 15 is 0 Å². The number of carbonyl (C=O) groups excluding carboxylic acids is 1. The molecule has 0 saturated carbocycles. The number of likely N-dealkylation sites (tertiary alicyclic amines) is 1. The minimum absolute atomic E-state index is 0.0195. The van der Waals surface area contributed by atoms with Gasteiger partial charge in [0.05, 0.1) is 0 Å². The zero-order valence-electron chi connectivity index (χ0n) is 19.4. The van der Waals surface area contributed by atoms with Gasteiger partial charge in [-0.15, -0.1) is 0 Å². The van der Waals surface area contributed by atoms with Crippen LogP contribution in [-0.2, 0) is 5.41 Å². The zero-order chi connectivity index (χ0) is 24.0. The molecule has 1 saturated heterocycles. The van der Waals surface area contributed by atoms with Crippen molar-refractivity contribution < 1.29 is 18.0 Å². The van der Waals surface area contributed by atoms with E-state index in [2.05, 4.69) is 25.8 Å². The fraction of sp³-hybridized carbons (Fsp3) is 0.286. The van der Waals surface area contributed by atoms with Gasteiger partial charge in [0.2, 0.25) is 5.89 Å². The molecule has 34 heavy (non-hydrogen) atoms. The van der Waals surface area contributed by atoms with Gasteiger partial charge >= 0.3 is 0 Å². The van der Waals surface area contributed by atoms with Crippen LogP contribution in [-0.4, -0.2) is 22.3 Å². The molecular weight excluding hydrogens is 434 g/mol. The molecule has 1 aliphatic heterocycles. The van der Waals surface area contributed by atoms with E-state index in [1.54, 1.807) is 18.2 Å². The van der Waals surface area contributed by atoms with Gasteiger partial charge in [-0.05, 0) is 65.8 Å². The maximum atomic E-state index is 14.3. The summed E-state index contributed by atoms with van der Waals surface area (Å²) in [5.74, 6) is -0.818. The van der Waals surface area contributed by atoms with Crippen LogP contribution in [0.3, 0.4) is 0 Å². The molecule has 1 unspecified atom stereocenters. The molecule has 2 heterocycles. The van der Waals surface area contributed by atoms with E-state index in [-0.39, 0.29) is 17.4 Å². The second-order valence-electron chi connectivity index (χ2n) is 9.84. The van der Waals surface area contributed by atoms with Gasteiger partial charge in [-0.25, -0.2) is 13.8 Å². The molecule has 5 rings (SSSR count). The monoisotopic (exact) mass is 460 g/mol. The van der Waals surface area contributed by atoms with Gasteiger partial charge in [0.1, 0.15) is 23.2 Å². The zero-order valence-corrected chi connectivity index (χ0v) is 19.4. The highest BCUT2D eigenvalue weighted by Crippen LogP contribution is 2.36. The number of aromatic nitrogens is 1. The summed E-state index contributed by atoms with van der Waals surface area (Å²) in [5, 5.41) is 0. The van der Waals surface area contributed by atoms with E-state index in [1.165, 1.54) is 17.7 Å². The Labute approximate surface area is 197 Å². The van der Waals surface area contributed by atoms with Crippen LogP contribution in [0.15, 0.2) is 65.1 Å². The smallest absolute Gasteiger partial charge is 0.254 e. The first-order chi connectivity index (χ1) is 16.2. The Morgan fingerprint density at radius 2 is 1.79 bits per heavy atom. The molecular formula is C28H26F2N2O2. The van der Waals surface area contributed by atoms with Crippen LogP contribution in [0.25, 0.3) is 22.2 Å². The van der Waals surface area contributed by atoms with Gasteiger partial charge in [0.25, 0.3) is 5.91 Å². The van der Waals surface area contributed by atoms with Crippen LogP contribution in [0, 0.1) is 11.6 Å². The molecule has 1 amide bonds. The third-order valence-corrected chi connectivity index (χ3v) is 6.44. The molecule has 1 atom stereocenters. The molecule has 1 aromatic heterocycles. The Hall–Kier alpha value is -3.54. The topological polar surface area (TPSA) is 46.3 Å². The molecule has 0 spiro atoms. The highest BCUT2D eigenvalue weighted by Gasteiger charge is 2.34. The first kappa shape index (κ1) is 22.3. The third-order valence-electron chi connectivity index (χ3n) is 6.44. The highest BCUT2D eigenvalue weighted by atomic mass is 19.1. The number of benzene rings is 3. The van der Waals surface area contributed by atoms with Crippen molar-refractivity contribution in [2.45, 2.75) is 45.1 Å². The first-order valence-corrected chi connectivity index (χ1v) is 11.5. The number of halogens is 2.